The van der Waals surface area contributed by atoms with Crippen LogP contribution >= 0.6 is 0 Å². The maximum atomic E-state index is 10.9. The van der Waals surface area contributed by atoms with Crippen molar-refractivity contribution in [2.75, 3.05) is 6.61 Å². The van der Waals surface area contributed by atoms with Crippen LogP contribution in [0.2, 0.25) is 0 Å². The van der Waals surface area contributed by atoms with E-state index in [0.29, 0.717) is 11.1 Å². The van der Waals surface area contributed by atoms with E-state index in [-0.39, 0.29) is 11.3 Å². The fraction of sp³-hybridized carbons (Fsp3) is 0.500. The van der Waals surface area contributed by atoms with E-state index < -0.39 is 31.1 Å². The largest absolute Gasteiger partial charge is 0.629 e. The minimum atomic E-state index is -1.24. The van der Waals surface area contributed by atoms with E-state index in [9.17, 15) is 15.4 Å². The summed E-state index contributed by atoms with van der Waals surface area (Å²) >= 11 is 0. The molecule has 3 rings (SSSR count). The van der Waals surface area contributed by atoms with Crippen LogP contribution in [0.5, 0.6) is 0 Å². The first-order chi connectivity index (χ1) is 9.67. The van der Waals surface area contributed by atoms with E-state index in [1.165, 1.54) is 17.2 Å². The van der Waals surface area contributed by atoms with Crippen LogP contribution in [-0.4, -0.2) is 59.8 Å². The third-order valence-electron chi connectivity index (χ3n) is 3.29. The summed E-state index contributed by atoms with van der Waals surface area (Å²) in [4.78, 5) is 11.8. The van der Waals surface area contributed by atoms with Crippen molar-refractivity contribution in [3.8, 4) is 0 Å². The number of ether oxygens (including phenoxy) is 1. The van der Waals surface area contributed by atoms with E-state index in [1.54, 1.807) is 0 Å². The first-order valence-electron chi connectivity index (χ1n) is 5.92. The van der Waals surface area contributed by atoms with Crippen LogP contribution in [0.3, 0.4) is 0 Å². The van der Waals surface area contributed by atoms with Crippen molar-refractivity contribution in [3.63, 3.8) is 0 Å². The van der Waals surface area contributed by atoms with Gasteiger partial charge in [0.25, 0.3) is 5.82 Å². The molecule has 1 aliphatic rings. The summed E-state index contributed by atoms with van der Waals surface area (Å²) in [5, 5.41) is 39.7. The average molecular weight is 283 g/mol. The molecule has 0 spiro atoms. The second kappa shape index (κ2) is 5.01. The van der Waals surface area contributed by atoms with Crippen molar-refractivity contribution in [1.29, 1.82) is 0 Å². The molecule has 0 radical (unpaired) electrons. The lowest BCUT2D eigenvalue weighted by molar-refractivity contribution is -0.499. The SMILES string of the molecule is [O-][NH2+]c1ncnc2c1ncn2[C@@H]1O[C@H](CO)[C@@H](O)[C@H]1O. The van der Waals surface area contributed by atoms with Crippen molar-refractivity contribution in [3.05, 3.63) is 17.9 Å². The van der Waals surface area contributed by atoms with Gasteiger partial charge in [0.2, 0.25) is 0 Å². The van der Waals surface area contributed by atoms with Crippen LogP contribution in [-0.2, 0) is 4.74 Å². The number of hydrogen-bond acceptors (Lipinski definition) is 8. The summed E-state index contributed by atoms with van der Waals surface area (Å²) in [6.07, 6.45) is -1.74. The Kier molecular flexibility index (Phi) is 3.33. The van der Waals surface area contributed by atoms with E-state index in [4.69, 9.17) is 9.84 Å². The molecule has 0 bridgehead atoms. The Morgan fingerprint density at radius 3 is 2.75 bits per heavy atom. The van der Waals surface area contributed by atoms with Gasteiger partial charge in [0.15, 0.2) is 17.4 Å². The predicted octanol–water partition coefficient (Wildman–Crippen LogP) is -2.87. The summed E-state index contributed by atoms with van der Waals surface area (Å²) in [5.41, 5.74) is 1.13. The van der Waals surface area contributed by atoms with Gasteiger partial charge in [0, 0.05) is 0 Å². The maximum Gasteiger partial charge on any atom is 0.255 e. The smallest absolute Gasteiger partial charge is 0.255 e. The van der Waals surface area contributed by atoms with Crippen molar-refractivity contribution in [1.82, 2.24) is 19.5 Å². The summed E-state index contributed by atoms with van der Waals surface area (Å²) < 4.78 is 6.78. The Bertz CT molecular complexity index is 619. The highest BCUT2D eigenvalue weighted by molar-refractivity contribution is 5.78. The maximum absolute atomic E-state index is 10.9. The van der Waals surface area contributed by atoms with Gasteiger partial charge in [-0.15, -0.1) is 0 Å². The van der Waals surface area contributed by atoms with Crippen LogP contribution in [0.1, 0.15) is 6.23 Å². The molecule has 3 heterocycles. The number of hydrogen-bond donors (Lipinski definition) is 4. The lowest BCUT2D eigenvalue weighted by Gasteiger charge is -2.16. The van der Waals surface area contributed by atoms with Crippen LogP contribution in [0.15, 0.2) is 12.7 Å². The summed E-state index contributed by atoms with van der Waals surface area (Å²) in [5.74, 6) is 0.125. The first kappa shape index (κ1) is 13.3. The van der Waals surface area contributed by atoms with E-state index in [1.807, 2.05) is 0 Å². The molecule has 5 N–H and O–H groups in total. The minimum absolute atomic E-state index is 0.125. The zero-order valence-corrected chi connectivity index (χ0v) is 10.2. The lowest BCUT2D eigenvalue weighted by Crippen LogP contribution is -2.70. The highest BCUT2D eigenvalue weighted by atomic mass is 16.6. The van der Waals surface area contributed by atoms with E-state index in [0.717, 1.165) is 0 Å². The predicted molar refractivity (Wildman–Crippen MR) is 63.3 cm³/mol. The van der Waals surface area contributed by atoms with Gasteiger partial charge in [-0.1, -0.05) is 0 Å². The molecule has 2 aromatic heterocycles. The molecule has 108 valence electrons. The Hall–Kier alpha value is -1.69. The van der Waals surface area contributed by atoms with Gasteiger partial charge >= 0.3 is 0 Å². The molecule has 4 atom stereocenters. The fourth-order valence-electron chi connectivity index (χ4n) is 2.25. The van der Waals surface area contributed by atoms with Crippen molar-refractivity contribution in [2.24, 2.45) is 0 Å². The molecule has 2 aromatic rings. The van der Waals surface area contributed by atoms with Crippen LogP contribution in [0, 0.1) is 5.21 Å². The number of nitrogens with two attached hydrogens (primary N) is 1. The van der Waals surface area contributed by atoms with Gasteiger partial charge in [0.1, 0.15) is 24.6 Å². The highest BCUT2D eigenvalue weighted by Crippen LogP contribution is 2.31. The van der Waals surface area contributed by atoms with Crippen LogP contribution < -0.4 is 5.48 Å². The Morgan fingerprint density at radius 1 is 1.30 bits per heavy atom. The minimum Gasteiger partial charge on any atom is -0.629 e. The van der Waals surface area contributed by atoms with E-state index in [2.05, 4.69) is 15.0 Å². The number of nitrogens with zero attached hydrogens (tertiary/aromatic N) is 4. The number of aliphatic hydroxyl groups is 3. The normalized spacial score (nSPS) is 30.2. The number of quaternary nitrogens is 1. The Labute approximate surface area is 112 Å². The van der Waals surface area contributed by atoms with Gasteiger partial charge in [-0.3, -0.25) is 4.57 Å². The first-order valence-corrected chi connectivity index (χ1v) is 5.92. The molecule has 10 nitrogen and oxygen atoms in total. The monoisotopic (exact) mass is 283 g/mol. The molecule has 1 aliphatic heterocycles. The molecule has 0 aliphatic carbocycles. The topological polar surface area (TPSA) is 153 Å². The average Bonchev–Trinajstić information content (AvgIpc) is 3.01. The van der Waals surface area contributed by atoms with Gasteiger partial charge in [-0.2, -0.15) is 4.98 Å². The summed E-state index contributed by atoms with van der Waals surface area (Å²) in [7, 11) is 0. The standard InChI is InChI=1S/C10H13N5O5/c16-1-4-6(17)7(18)10(20-4)15-3-13-5-8(14-19)11-2-12-9(5)15/h2-4,6-7,10,16-18H,1,14H2/t4-,6-,7-,10-/m1/s1. The molecular formula is C10H13N5O5. The fourth-order valence-corrected chi connectivity index (χ4v) is 2.25. The molecular weight excluding hydrogens is 270 g/mol. The zero-order chi connectivity index (χ0) is 14.3. The molecule has 10 heteroatoms. The number of rotatable bonds is 3. The molecule has 0 aromatic carbocycles. The second-order valence-electron chi connectivity index (χ2n) is 4.43. The molecule has 1 saturated heterocycles. The van der Waals surface area contributed by atoms with Crippen molar-refractivity contribution >= 4 is 17.0 Å². The molecule has 20 heavy (non-hydrogen) atoms. The van der Waals surface area contributed by atoms with Crippen molar-refractivity contribution in [2.45, 2.75) is 24.5 Å². The van der Waals surface area contributed by atoms with Gasteiger partial charge in [-0.05, 0) is 0 Å². The molecule has 0 unspecified atom stereocenters. The zero-order valence-electron chi connectivity index (χ0n) is 10.2. The van der Waals surface area contributed by atoms with Crippen molar-refractivity contribution < 1.29 is 25.5 Å². The molecule has 0 saturated carbocycles. The number of fused-ring (bicyclic) bond motifs is 1. The van der Waals surface area contributed by atoms with Gasteiger partial charge in [-0.25, -0.2) is 9.97 Å². The Morgan fingerprint density at radius 2 is 2.10 bits per heavy atom. The number of aliphatic hydroxyl groups excluding tert-OH is 3. The highest BCUT2D eigenvalue weighted by Gasteiger charge is 2.44. The molecule has 0 amide bonds. The third-order valence-corrected chi connectivity index (χ3v) is 3.29. The van der Waals surface area contributed by atoms with Crippen LogP contribution in [0.4, 0.5) is 5.82 Å². The van der Waals surface area contributed by atoms with Gasteiger partial charge < -0.3 is 30.7 Å². The van der Waals surface area contributed by atoms with Gasteiger partial charge in [0.05, 0.1) is 12.9 Å². The molecule has 1 fully saturated rings. The van der Waals surface area contributed by atoms with Crippen LogP contribution in [0.25, 0.3) is 11.2 Å². The summed E-state index contributed by atoms with van der Waals surface area (Å²) in [6.45, 7) is -0.421. The Balaban J connectivity index is 2.03. The summed E-state index contributed by atoms with van der Waals surface area (Å²) in [6, 6.07) is 0. The van der Waals surface area contributed by atoms with E-state index >= 15 is 0 Å². The third kappa shape index (κ3) is 1.86. The number of aromatic nitrogens is 4. The quantitative estimate of drug-likeness (QED) is 0.438. The second-order valence-corrected chi connectivity index (χ2v) is 4.43. The number of imidazole rings is 1. The lowest BCUT2D eigenvalue weighted by atomic mass is 10.1.